The van der Waals surface area contributed by atoms with E-state index >= 15 is 0 Å². The number of sulfonamides is 1. The molecule has 122 valence electrons. The van der Waals surface area contributed by atoms with Gasteiger partial charge in [-0.2, -0.15) is 0 Å². The zero-order valence-electron chi connectivity index (χ0n) is 12.0. The normalized spacial score (nSPS) is 11.0. The van der Waals surface area contributed by atoms with Gasteiger partial charge in [0, 0.05) is 0 Å². The minimum atomic E-state index is -4.28. The molecule has 0 bridgehead atoms. The Morgan fingerprint density at radius 1 is 1.26 bits per heavy atom. The molecule has 7 nitrogen and oxygen atoms in total. The first-order valence-electron chi connectivity index (χ1n) is 6.53. The number of hydrogen-bond acceptors (Lipinski definition) is 5. The van der Waals surface area contributed by atoms with Gasteiger partial charge in [-0.15, -0.1) is 0 Å². The van der Waals surface area contributed by atoms with E-state index in [1.807, 2.05) is 0 Å². The van der Waals surface area contributed by atoms with Gasteiger partial charge in [-0.05, 0) is 31.2 Å². The number of nitrogens with zero attached hydrogens (tertiary/aromatic N) is 1. The highest BCUT2D eigenvalue weighted by molar-refractivity contribution is 7.92. The van der Waals surface area contributed by atoms with Gasteiger partial charge >= 0.3 is 0 Å². The molecule has 0 unspecified atom stereocenters. The lowest BCUT2D eigenvalue weighted by molar-refractivity contribution is -0.388. The molecule has 1 N–H and O–H groups in total. The first-order valence-corrected chi connectivity index (χ1v) is 8.02. The average molecular weight is 340 g/mol. The minimum Gasteiger partial charge on any atom is -0.492 e. The van der Waals surface area contributed by atoms with Crippen molar-refractivity contribution in [3.05, 3.63) is 58.4 Å². The van der Waals surface area contributed by atoms with Crippen molar-refractivity contribution < 1.29 is 22.5 Å². The van der Waals surface area contributed by atoms with E-state index in [2.05, 4.69) is 4.72 Å². The van der Waals surface area contributed by atoms with Crippen LogP contribution >= 0.6 is 0 Å². The summed E-state index contributed by atoms with van der Waals surface area (Å²) < 4.78 is 45.5. The van der Waals surface area contributed by atoms with Crippen molar-refractivity contribution in [1.82, 2.24) is 0 Å². The summed E-state index contributed by atoms with van der Waals surface area (Å²) >= 11 is 0. The number of nitro groups is 1. The van der Waals surface area contributed by atoms with Crippen LogP contribution in [0.4, 0.5) is 15.8 Å². The maximum atomic E-state index is 13.1. The van der Waals surface area contributed by atoms with Gasteiger partial charge in [0.15, 0.2) is 4.90 Å². The maximum absolute atomic E-state index is 13.1. The van der Waals surface area contributed by atoms with E-state index < -0.39 is 31.3 Å². The second-order valence-electron chi connectivity index (χ2n) is 4.40. The SMILES string of the molecule is CCOc1ccccc1NS(=O)(=O)c1ccc(F)cc1[N+](=O)[O-]. The van der Waals surface area contributed by atoms with Gasteiger partial charge in [-0.1, -0.05) is 12.1 Å². The Morgan fingerprint density at radius 3 is 2.61 bits per heavy atom. The first kappa shape index (κ1) is 16.7. The van der Waals surface area contributed by atoms with Crippen molar-refractivity contribution in [1.29, 1.82) is 0 Å². The molecule has 0 spiro atoms. The van der Waals surface area contributed by atoms with Crippen LogP contribution in [0.1, 0.15) is 6.92 Å². The second kappa shape index (κ2) is 6.61. The van der Waals surface area contributed by atoms with Crippen LogP contribution in [0.2, 0.25) is 0 Å². The van der Waals surface area contributed by atoms with Crippen LogP contribution in [0.5, 0.6) is 5.75 Å². The van der Waals surface area contributed by atoms with E-state index in [-0.39, 0.29) is 11.4 Å². The molecule has 0 atom stereocenters. The van der Waals surface area contributed by atoms with Crippen LogP contribution in [0.15, 0.2) is 47.4 Å². The van der Waals surface area contributed by atoms with Crippen LogP contribution < -0.4 is 9.46 Å². The number of nitro benzene ring substituents is 1. The zero-order valence-corrected chi connectivity index (χ0v) is 12.8. The molecule has 0 amide bonds. The number of rotatable bonds is 6. The highest BCUT2D eigenvalue weighted by atomic mass is 32.2. The lowest BCUT2D eigenvalue weighted by Crippen LogP contribution is -2.15. The molecule has 0 saturated carbocycles. The third kappa shape index (κ3) is 3.75. The Bertz CT molecular complexity index is 839. The molecule has 0 heterocycles. The summed E-state index contributed by atoms with van der Waals surface area (Å²) in [5.41, 5.74) is -0.709. The smallest absolute Gasteiger partial charge is 0.292 e. The van der Waals surface area contributed by atoms with E-state index in [0.29, 0.717) is 12.7 Å². The lowest BCUT2D eigenvalue weighted by atomic mass is 10.3. The minimum absolute atomic E-state index is 0.132. The van der Waals surface area contributed by atoms with E-state index in [1.165, 1.54) is 6.07 Å². The molecule has 0 aromatic heterocycles. The van der Waals surface area contributed by atoms with Gasteiger partial charge in [0.2, 0.25) is 0 Å². The van der Waals surface area contributed by atoms with Gasteiger partial charge in [0.05, 0.1) is 23.3 Å². The summed E-state index contributed by atoms with van der Waals surface area (Å²) in [6.07, 6.45) is 0. The Labute approximate surface area is 131 Å². The number of anilines is 1. The molecule has 0 saturated heterocycles. The highest BCUT2D eigenvalue weighted by Crippen LogP contribution is 2.30. The van der Waals surface area contributed by atoms with Crippen molar-refractivity contribution >= 4 is 21.4 Å². The predicted molar refractivity (Wildman–Crippen MR) is 81.5 cm³/mol. The molecule has 0 fully saturated rings. The number of nitrogens with one attached hydrogen (secondary N) is 1. The molecule has 23 heavy (non-hydrogen) atoms. The fourth-order valence-electron chi connectivity index (χ4n) is 1.89. The molecule has 9 heteroatoms. The molecule has 0 aliphatic carbocycles. The predicted octanol–water partition coefficient (Wildman–Crippen LogP) is 2.93. The quantitative estimate of drug-likeness (QED) is 0.644. The van der Waals surface area contributed by atoms with Crippen LogP contribution in [0.25, 0.3) is 0 Å². The standard InChI is InChI=1S/C14H13FN2O5S/c1-2-22-13-6-4-3-5-11(13)16-23(20,21)14-8-7-10(15)9-12(14)17(18)19/h3-9,16H,2H2,1H3. The summed E-state index contributed by atoms with van der Waals surface area (Å²) in [4.78, 5) is 9.38. The summed E-state index contributed by atoms with van der Waals surface area (Å²) in [5.74, 6) is -0.617. The van der Waals surface area contributed by atoms with Crippen LogP contribution in [0, 0.1) is 15.9 Å². The topological polar surface area (TPSA) is 98.5 Å². The van der Waals surface area contributed by atoms with Crippen molar-refractivity contribution in [2.45, 2.75) is 11.8 Å². The monoisotopic (exact) mass is 340 g/mol. The van der Waals surface area contributed by atoms with Crippen molar-refractivity contribution in [3.8, 4) is 5.75 Å². The summed E-state index contributed by atoms with van der Waals surface area (Å²) in [6, 6.07) is 8.50. The largest absolute Gasteiger partial charge is 0.492 e. The third-order valence-electron chi connectivity index (χ3n) is 2.84. The molecule has 2 aromatic carbocycles. The van der Waals surface area contributed by atoms with Crippen molar-refractivity contribution in [2.75, 3.05) is 11.3 Å². The van der Waals surface area contributed by atoms with Gasteiger partial charge in [0.1, 0.15) is 11.6 Å². The summed E-state index contributed by atoms with van der Waals surface area (Å²) in [7, 11) is -4.28. The first-order chi connectivity index (χ1) is 10.8. The fraction of sp³-hybridized carbons (Fsp3) is 0.143. The zero-order chi connectivity index (χ0) is 17.0. The van der Waals surface area contributed by atoms with Gasteiger partial charge in [0.25, 0.3) is 15.7 Å². The number of hydrogen-bond donors (Lipinski definition) is 1. The Balaban J connectivity index is 2.47. The molecular weight excluding hydrogens is 327 g/mol. The van der Waals surface area contributed by atoms with Crippen molar-refractivity contribution in [3.63, 3.8) is 0 Å². The van der Waals surface area contributed by atoms with Crippen molar-refractivity contribution in [2.24, 2.45) is 0 Å². The number of halogens is 1. The van der Waals surface area contributed by atoms with E-state index in [1.54, 1.807) is 25.1 Å². The lowest BCUT2D eigenvalue weighted by Gasteiger charge is -2.12. The van der Waals surface area contributed by atoms with Crippen LogP contribution in [-0.4, -0.2) is 19.9 Å². The van der Waals surface area contributed by atoms with Gasteiger partial charge in [-0.25, -0.2) is 12.8 Å². The molecule has 0 aliphatic rings. The van der Waals surface area contributed by atoms with Gasteiger partial charge < -0.3 is 4.74 Å². The van der Waals surface area contributed by atoms with Crippen LogP contribution in [-0.2, 0) is 10.0 Å². The highest BCUT2D eigenvalue weighted by Gasteiger charge is 2.27. The number of benzene rings is 2. The second-order valence-corrected chi connectivity index (χ2v) is 6.05. The Hall–Kier alpha value is -2.68. The van der Waals surface area contributed by atoms with Gasteiger partial charge in [-0.3, -0.25) is 14.8 Å². The van der Waals surface area contributed by atoms with E-state index in [0.717, 1.165) is 12.1 Å². The van der Waals surface area contributed by atoms with E-state index in [9.17, 15) is 22.9 Å². The average Bonchev–Trinajstić information content (AvgIpc) is 2.49. The van der Waals surface area contributed by atoms with Crippen LogP contribution in [0.3, 0.4) is 0 Å². The Kier molecular flexibility index (Phi) is 4.80. The Morgan fingerprint density at radius 2 is 1.96 bits per heavy atom. The fourth-order valence-corrected chi connectivity index (χ4v) is 3.12. The number of ether oxygens (including phenoxy) is 1. The summed E-state index contributed by atoms with van der Waals surface area (Å²) in [5, 5.41) is 11.0. The summed E-state index contributed by atoms with van der Waals surface area (Å²) in [6.45, 7) is 2.05. The molecule has 2 aromatic rings. The molecule has 2 rings (SSSR count). The molecule has 0 aliphatic heterocycles. The van der Waals surface area contributed by atoms with E-state index in [4.69, 9.17) is 4.74 Å². The molecule has 0 radical (unpaired) electrons. The maximum Gasteiger partial charge on any atom is 0.292 e. The molecular formula is C14H13FN2O5S. The third-order valence-corrected chi connectivity index (χ3v) is 4.25. The number of para-hydroxylation sites is 2.